The smallest absolute Gasteiger partial charge is 0.140 e. The number of hydrogen-bond donors (Lipinski definition) is 2. The maximum Gasteiger partial charge on any atom is 0.140 e. The highest BCUT2D eigenvalue weighted by molar-refractivity contribution is 8.00. The monoisotopic (exact) mass is 346 g/mol. The molecule has 0 aliphatic carbocycles. The Kier molecular flexibility index (Phi) is 4.15. The molecule has 2 fully saturated rings. The van der Waals surface area contributed by atoms with Crippen molar-refractivity contribution in [1.82, 2.24) is 15.3 Å². The summed E-state index contributed by atoms with van der Waals surface area (Å²) in [5.41, 5.74) is 1.04. The highest BCUT2D eigenvalue weighted by atomic mass is 32.2. The molecular weight excluding hydrogens is 324 g/mol. The van der Waals surface area contributed by atoms with Crippen molar-refractivity contribution in [3.63, 3.8) is 0 Å². The lowest BCUT2D eigenvalue weighted by molar-refractivity contribution is 0.297. The van der Waals surface area contributed by atoms with Gasteiger partial charge in [0.1, 0.15) is 11.6 Å². The zero-order valence-electron chi connectivity index (χ0n) is 13.5. The van der Waals surface area contributed by atoms with E-state index in [0.717, 1.165) is 48.5 Å². The van der Waals surface area contributed by atoms with Crippen LogP contribution in [-0.4, -0.2) is 46.6 Å². The number of aryl methyl sites for hydroxylation is 1. The van der Waals surface area contributed by atoms with Gasteiger partial charge in [-0.05, 0) is 25.1 Å². The van der Waals surface area contributed by atoms with Crippen LogP contribution in [-0.2, 0) is 0 Å². The van der Waals surface area contributed by atoms with Crippen LogP contribution in [0.3, 0.4) is 0 Å². The van der Waals surface area contributed by atoms with Gasteiger partial charge in [-0.25, -0.2) is 9.97 Å². The van der Waals surface area contributed by atoms with E-state index in [2.05, 4.69) is 53.0 Å². The number of aromatic nitrogens is 2. The van der Waals surface area contributed by atoms with Gasteiger partial charge in [0.2, 0.25) is 0 Å². The summed E-state index contributed by atoms with van der Waals surface area (Å²) in [6.07, 6.45) is 0. The van der Waals surface area contributed by atoms with E-state index < -0.39 is 0 Å². The summed E-state index contributed by atoms with van der Waals surface area (Å²) < 4.78 is 0. The predicted molar refractivity (Wildman–Crippen MR) is 101 cm³/mol. The van der Waals surface area contributed by atoms with Crippen LogP contribution in [0.15, 0.2) is 23.1 Å². The first-order valence-corrected chi connectivity index (χ1v) is 9.68. The molecule has 0 radical (unpaired) electrons. The van der Waals surface area contributed by atoms with Crippen LogP contribution in [0.2, 0.25) is 0 Å². The molecule has 3 heterocycles. The third-order valence-corrected chi connectivity index (χ3v) is 6.32. The highest BCUT2D eigenvalue weighted by Gasteiger charge is 2.39. The lowest BCUT2D eigenvalue weighted by Crippen LogP contribution is -2.51. The lowest BCUT2D eigenvalue weighted by Gasteiger charge is -2.29. The normalized spacial score (nSPS) is 24.6. The van der Waals surface area contributed by atoms with Crippen molar-refractivity contribution in [3.8, 4) is 0 Å². The number of nitrogens with zero attached hydrogens (tertiary/aromatic N) is 3. The zero-order chi connectivity index (χ0) is 16.0. The predicted octanol–water partition coefficient (Wildman–Crippen LogP) is 2.76. The van der Waals surface area contributed by atoms with Gasteiger partial charge in [0.05, 0.1) is 5.52 Å². The second-order valence-corrected chi connectivity index (χ2v) is 8.59. The maximum atomic E-state index is 4.78. The molecule has 122 valence electrons. The molecule has 6 heteroatoms. The Bertz CT molecular complexity index is 722. The summed E-state index contributed by atoms with van der Waals surface area (Å²) >= 11 is 6.32. The van der Waals surface area contributed by atoms with Gasteiger partial charge in [0.15, 0.2) is 0 Å². The summed E-state index contributed by atoms with van der Waals surface area (Å²) in [4.78, 5) is 13.1. The van der Waals surface area contributed by atoms with Crippen LogP contribution >= 0.6 is 24.4 Å². The van der Waals surface area contributed by atoms with Gasteiger partial charge in [0, 0.05) is 52.9 Å². The van der Waals surface area contributed by atoms with E-state index in [1.807, 2.05) is 18.7 Å². The molecule has 3 atom stereocenters. The van der Waals surface area contributed by atoms with Crippen molar-refractivity contribution in [2.45, 2.75) is 30.0 Å². The molecule has 3 unspecified atom stereocenters. The largest absolute Gasteiger partial charge is 0.354 e. The van der Waals surface area contributed by atoms with Gasteiger partial charge in [-0.2, -0.15) is 12.6 Å². The van der Waals surface area contributed by atoms with Gasteiger partial charge < -0.3 is 10.2 Å². The van der Waals surface area contributed by atoms with Crippen LogP contribution in [0.4, 0.5) is 5.82 Å². The molecular formula is C17H22N4S2. The number of fused-ring (bicyclic) bond motifs is 2. The molecule has 4 nitrogen and oxygen atoms in total. The second-order valence-electron chi connectivity index (χ2n) is 6.61. The quantitative estimate of drug-likeness (QED) is 0.658. The first-order chi connectivity index (χ1) is 11.1. The Labute approximate surface area is 146 Å². The topological polar surface area (TPSA) is 41.1 Å². The Morgan fingerprint density at radius 3 is 2.91 bits per heavy atom. The number of thiol groups is 1. The van der Waals surface area contributed by atoms with E-state index in [9.17, 15) is 0 Å². The van der Waals surface area contributed by atoms with Gasteiger partial charge in [-0.1, -0.05) is 6.92 Å². The van der Waals surface area contributed by atoms with Crippen LogP contribution in [0.1, 0.15) is 12.7 Å². The molecule has 0 saturated carbocycles. The first-order valence-electron chi connectivity index (χ1n) is 8.18. The minimum atomic E-state index is 0.393. The molecule has 0 bridgehead atoms. The maximum absolute atomic E-state index is 4.78. The third-order valence-electron chi connectivity index (χ3n) is 4.63. The molecule has 2 aliphatic heterocycles. The molecule has 2 aliphatic rings. The molecule has 1 aromatic heterocycles. The van der Waals surface area contributed by atoms with Crippen LogP contribution in [0.25, 0.3) is 10.9 Å². The Morgan fingerprint density at radius 1 is 1.39 bits per heavy atom. The average Bonchev–Trinajstić information content (AvgIpc) is 2.79. The number of rotatable bonds is 4. The van der Waals surface area contributed by atoms with E-state index in [4.69, 9.17) is 4.98 Å². The highest BCUT2D eigenvalue weighted by Crippen LogP contribution is 2.33. The average molecular weight is 347 g/mol. The van der Waals surface area contributed by atoms with Crippen molar-refractivity contribution in [2.75, 3.05) is 30.3 Å². The van der Waals surface area contributed by atoms with Crippen molar-refractivity contribution in [1.29, 1.82) is 0 Å². The fraction of sp³-hybridized carbons (Fsp3) is 0.529. The standard InChI is InChI=1S/C17H22N4S2/c1-10(22)9-23-13-3-4-15-14(5-13)17(20-11(2)19-15)21-7-12-6-18-16(12)8-21/h3-5,10,12,16,18,22H,6-9H2,1-2H3. The molecule has 2 aromatic rings. The van der Waals surface area contributed by atoms with Gasteiger partial charge in [-0.15, -0.1) is 11.8 Å². The third kappa shape index (κ3) is 3.04. The SMILES string of the molecule is Cc1nc(N2CC3CNC3C2)c2cc(SCC(C)S)ccc2n1. The number of benzene rings is 1. The minimum absolute atomic E-state index is 0.393. The summed E-state index contributed by atoms with van der Waals surface area (Å²) in [5.74, 6) is 3.74. The number of hydrogen-bond acceptors (Lipinski definition) is 6. The summed E-state index contributed by atoms with van der Waals surface area (Å²) in [6, 6.07) is 7.18. The second kappa shape index (κ2) is 6.15. The number of nitrogens with one attached hydrogen (secondary N) is 1. The molecule has 4 rings (SSSR count). The minimum Gasteiger partial charge on any atom is -0.354 e. The lowest BCUT2D eigenvalue weighted by atomic mass is 9.96. The zero-order valence-corrected chi connectivity index (χ0v) is 15.2. The van der Waals surface area contributed by atoms with Crippen LogP contribution in [0, 0.1) is 12.8 Å². The number of anilines is 1. The van der Waals surface area contributed by atoms with Crippen LogP contribution in [0.5, 0.6) is 0 Å². The van der Waals surface area contributed by atoms with E-state index >= 15 is 0 Å². The van der Waals surface area contributed by atoms with Crippen molar-refractivity contribution in [3.05, 3.63) is 24.0 Å². The number of thioether (sulfide) groups is 1. The summed E-state index contributed by atoms with van der Waals surface area (Å²) in [5, 5.41) is 5.08. The van der Waals surface area contributed by atoms with Gasteiger partial charge in [0.25, 0.3) is 0 Å². The molecule has 1 N–H and O–H groups in total. The fourth-order valence-corrected chi connectivity index (χ4v) is 4.40. The van der Waals surface area contributed by atoms with Gasteiger partial charge in [-0.3, -0.25) is 0 Å². The molecule has 0 amide bonds. The molecule has 1 aromatic carbocycles. The van der Waals surface area contributed by atoms with Crippen molar-refractivity contribution < 1.29 is 0 Å². The van der Waals surface area contributed by atoms with E-state index in [1.54, 1.807) is 0 Å². The molecule has 2 saturated heterocycles. The summed E-state index contributed by atoms with van der Waals surface area (Å²) in [6.45, 7) is 7.42. The van der Waals surface area contributed by atoms with E-state index in [-0.39, 0.29) is 0 Å². The Morgan fingerprint density at radius 2 is 2.26 bits per heavy atom. The summed E-state index contributed by atoms with van der Waals surface area (Å²) in [7, 11) is 0. The van der Waals surface area contributed by atoms with E-state index in [1.165, 1.54) is 10.3 Å². The van der Waals surface area contributed by atoms with Crippen molar-refractivity contribution in [2.24, 2.45) is 5.92 Å². The van der Waals surface area contributed by atoms with Gasteiger partial charge >= 0.3 is 0 Å². The van der Waals surface area contributed by atoms with E-state index in [0.29, 0.717) is 11.3 Å². The van der Waals surface area contributed by atoms with Crippen molar-refractivity contribution >= 4 is 41.1 Å². The Balaban J connectivity index is 1.70. The molecule has 23 heavy (non-hydrogen) atoms. The Hall–Kier alpha value is -0.980. The van der Waals surface area contributed by atoms with Crippen LogP contribution < -0.4 is 10.2 Å². The first kappa shape index (κ1) is 15.5. The molecule has 0 spiro atoms. The fourth-order valence-electron chi connectivity index (χ4n) is 3.38.